The minimum Gasteiger partial charge on any atom is -0.308 e. The second-order valence-corrected chi connectivity index (χ2v) is 7.84. The van der Waals surface area contributed by atoms with Gasteiger partial charge in [-0.3, -0.25) is 4.79 Å². The van der Waals surface area contributed by atoms with Gasteiger partial charge < -0.3 is 4.90 Å². The van der Waals surface area contributed by atoms with E-state index in [2.05, 4.69) is 41.5 Å². The SMILES string of the molecule is Cc1ccc(-n2nnnc2SCC(=O)N2c3ccccc3C[C@@H]2C)c(C)c1. The Morgan fingerprint density at radius 1 is 1.19 bits per heavy atom. The van der Waals surface area contributed by atoms with E-state index in [0.29, 0.717) is 10.9 Å². The zero-order chi connectivity index (χ0) is 19.0. The molecule has 0 unspecified atom stereocenters. The monoisotopic (exact) mass is 379 g/mol. The smallest absolute Gasteiger partial charge is 0.237 e. The van der Waals surface area contributed by atoms with Gasteiger partial charge in [0, 0.05) is 11.7 Å². The van der Waals surface area contributed by atoms with Gasteiger partial charge in [0.2, 0.25) is 11.1 Å². The topological polar surface area (TPSA) is 63.9 Å². The van der Waals surface area contributed by atoms with E-state index in [1.807, 2.05) is 42.2 Å². The largest absolute Gasteiger partial charge is 0.308 e. The van der Waals surface area contributed by atoms with Crippen LogP contribution >= 0.6 is 11.8 Å². The molecule has 1 aliphatic rings. The summed E-state index contributed by atoms with van der Waals surface area (Å²) >= 11 is 1.37. The van der Waals surface area contributed by atoms with Crippen LogP contribution in [0.15, 0.2) is 47.6 Å². The number of fused-ring (bicyclic) bond motifs is 1. The van der Waals surface area contributed by atoms with Gasteiger partial charge in [-0.25, -0.2) is 0 Å². The number of nitrogens with zero attached hydrogens (tertiary/aromatic N) is 5. The first kappa shape index (κ1) is 17.7. The standard InChI is InChI=1S/C20H21N5OS/c1-13-8-9-17(14(2)10-13)25-20(21-22-23-25)27-12-19(26)24-15(3)11-16-6-4-5-7-18(16)24/h4-10,15H,11-12H2,1-3H3/t15-/m0/s1. The number of para-hydroxylation sites is 1. The lowest BCUT2D eigenvalue weighted by Gasteiger charge is -2.22. The molecule has 27 heavy (non-hydrogen) atoms. The summed E-state index contributed by atoms with van der Waals surface area (Å²) in [5.41, 5.74) is 5.46. The number of anilines is 1. The van der Waals surface area contributed by atoms with Gasteiger partial charge in [0.25, 0.3) is 0 Å². The third-order valence-corrected chi connectivity index (χ3v) is 5.73. The number of aromatic nitrogens is 4. The van der Waals surface area contributed by atoms with E-state index in [0.717, 1.165) is 23.4 Å². The molecule has 2 aromatic carbocycles. The van der Waals surface area contributed by atoms with Crippen molar-refractivity contribution in [2.45, 2.75) is 38.4 Å². The lowest BCUT2D eigenvalue weighted by molar-refractivity contribution is -0.116. The molecule has 138 valence electrons. The number of carbonyl (C=O) groups is 1. The number of aryl methyl sites for hydroxylation is 2. The molecule has 0 radical (unpaired) electrons. The summed E-state index contributed by atoms with van der Waals surface area (Å²) in [5, 5.41) is 12.7. The zero-order valence-corrected chi connectivity index (χ0v) is 16.4. The summed E-state index contributed by atoms with van der Waals surface area (Å²) in [5.74, 6) is 0.372. The average Bonchev–Trinajstić information content (AvgIpc) is 3.23. The summed E-state index contributed by atoms with van der Waals surface area (Å²) in [7, 11) is 0. The summed E-state index contributed by atoms with van der Waals surface area (Å²) < 4.78 is 1.70. The molecule has 1 aromatic heterocycles. The Labute approximate surface area is 162 Å². The van der Waals surface area contributed by atoms with E-state index in [9.17, 15) is 4.79 Å². The van der Waals surface area contributed by atoms with Crippen molar-refractivity contribution in [3.63, 3.8) is 0 Å². The highest BCUT2D eigenvalue weighted by Crippen LogP contribution is 2.32. The van der Waals surface area contributed by atoms with Gasteiger partial charge in [0.05, 0.1) is 11.4 Å². The molecule has 0 saturated carbocycles. The van der Waals surface area contributed by atoms with Crippen molar-refractivity contribution in [1.82, 2.24) is 20.2 Å². The van der Waals surface area contributed by atoms with Gasteiger partial charge in [-0.05, 0) is 60.9 Å². The molecule has 0 N–H and O–H groups in total. The Bertz CT molecular complexity index is 1000. The Hall–Kier alpha value is -2.67. The minimum absolute atomic E-state index is 0.0765. The van der Waals surface area contributed by atoms with Crippen molar-refractivity contribution in [3.05, 3.63) is 59.2 Å². The van der Waals surface area contributed by atoms with Crippen molar-refractivity contribution in [2.24, 2.45) is 0 Å². The molecule has 6 nitrogen and oxygen atoms in total. The van der Waals surface area contributed by atoms with E-state index in [4.69, 9.17) is 0 Å². The maximum atomic E-state index is 12.9. The van der Waals surface area contributed by atoms with E-state index in [1.54, 1.807) is 4.68 Å². The van der Waals surface area contributed by atoms with Gasteiger partial charge in [-0.15, -0.1) is 5.10 Å². The molecule has 1 atom stereocenters. The van der Waals surface area contributed by atoms with Crippen molar-refractivity contribution < 1.29 is 4.79 Å². The van der Waals surface area contributed by atoms with Crippen LogP contribution in [0.1, 0.15) is 23.6 Å². The van der Waals surface area contributed by atoms with Gasteiger partial charge in [-0.2, -0.15) is 4.68 Å². The summed E-state index contributed by atoms with van der Waals surface area (Å²) in [6.45, 7) is 6.18. The fourth-order valence-corrected chi connectivity index (χ4v) is 4.35. The van der Waals surface area contributed by atoms with Crippen LogP contribution in [0.3, 0.4) is 0 Å². The van der Waals surface area contributed by atoms with Gasteiger partial charge in [-0.1, -0.05) is 47.7 Å². The second kappa shape index (κ2) is 7.15. The molecule has 0 fully saturated rings. The quantitative estimate of drug-likeness (QED) is 0.651. The first-order valence-corrected chi connectivity index (χ1v) is 9.92. The minimum atomic E-state index is 0.0765. The fourth-order valence-electron chi connectivity index (χ4n) is 3.60. The normalized spacial score (nSPS) is 15.8. The predicted molar refractivity (Wildman–Crippen MR) is 106 cm³/mol. The van der Waals surface area contributed by atoms with E-state index >= 15 is 0 Å². The number of hydrogen-bond acceptors (Lipinski definition) is 5. The first-order valence-electron chi connectivity index (χ1n) is 8.93. The van der Waals surface area contributed by atoms with Crippen molar-refractivity contribution in [1.29, 1.82) is 0 Å². The molecular formula is C20H21N5OS. The van der Waals surface area contributed by atoms with Crippen molar-refractivity contribution in [2.75, 3.05) is 10.7 Å². The van der Waals surface area contributed by atoms with Gasteiger partial charge >= 0.3 is 0 Å². The average molecular weight is 379 g/mol. The Kier molecular flexibility index (Phi) is 4.70. The number of thioether (sulfide) groups is 1. The number of tetrazole rings is 1. The van der Waals surface area contributed by atoms with Crippen LogP contribution in [0, 0.1) is 13.8 Å². The Morgan fingerprint density at radius 2 is 2.00 bits per heavy atom. The van der Waals surface area contributed by atoms with E-state index < -0.39 is 0 Å². The number of amides is 1. The van der Waals surface area contributed by atoms with Crippen LogP contribution in [0.4, 0.5) is 5.69 Å². The van der Waals surface area contributed by atoms with Crippen LogP contribution in [-0.2, 0) is 11.2 Å². The fraction of sp³-hybridized carbons (Fsp3) is 0.300. The molecule has 4 rings (SSSR count). The molecule has 2 heterocycles. The molecule has 0 bridgehead atoms. The third kappa shape index (κ3) is 3.35. The Balaban J connectivity index is 1.52. The predicted octanol–water partition coefficient (Wildman–Crippen LogP) is 3.35. The highest BCUT2D eigenvalue weighted by atomic mass is 32.2. The molecule has 0 saturated heterocycles. The second-order valence-electron chi connectivity index (χ2n) is 6.90. The highest BCUT2D eigenvalue weighted by Gasteiger charge is 2.30. The lowest BCUT2D eigenvalue weighted by Crippen LogP contribution is -2.37. The van der Waals surface area contributed by atoms with Gasteiger partial charge in [0.1, 0.15) is 0 Å². The molecule has 1 aliphatic heterocycles. The number of benzene rings is 2. The number of hydrogen-bond donors (Lipinski definition) is 0. The van der Waals surface area contributed by atoms with Gasteiger partial charge in [0.15, 0.2) is 0 Å². The maximum Gasteiger partial charge on any atom is 0.237 e. The van der Waals surface area contributed by atoms with Crippen LogP contribution in [-0.4, -0.2) is 37.9 Å². The molecule has 1 amide bonds. The zero-order valence-electron chi connectivity index (χ0n) is 15.6. The molecule has 0 aliphatic carbocycles. The molecule has 7 heteroatoms. The number of carbonyl (C=O) groups excluding carboxylic acids is 1. The van der Waals surface area contributed by atoms with Crippen LogP contribution in [0.5, 0.6) is 0 Å². The van der Waals surface area contributed by atoms with Crippen LogP contribution < -0.4 is 4.90 Å². The number of rotatable bonds is 4. The first-order chi connectivity index (χ1) is 13.0. The molecule has 3 aromatic rings. The van der Waals surface area contributed by atoms with Crippen LogP contribution in [0.2, 0.25) is 0 Å². The van der Waals surface area contributed by atoms with E-state index in [1.165, 1.54) is 22.9 Å². The van der Waals surface area contributed by atoms with Crippen LogP contribution in [0.25, 0.3) is 5.69 Å². The molecular weight excluding hydrogens is 358 g/mol. The summed E-state index contributed by atoms with van der Waals surface area (Å²) in [6.07, 6.45) is 0.896. The third-order valence-electron chi connectivity index (χ3n) is 4.82. The lowest BCUT2D eigenvalue weighted by atomic mass is 10.1. The van der Waals surface area contributed by atoms with Crippen molar-refractivity contribution >= 4 is 23.4 Å². The van der Waals surface area contributed by atoms with Crippen molar-refractivity contribution in [3.8, 4) is 5.69 Å². The Morgan fingerprint density at radius 3 is 2.81 bits per heavy atom. The summed E-state index contributed by atoms with van der Waals surface area (Å²) in [4.78, 5) is 14.8. The molecule has 0 spiro atoms. The maximum absolute atomic E-state index is 12.9. The summed E-state index contributed by atoms with van der Waals surface area (Å²) in [6, 6.07) is 14.4. The van der Waals surface area contributed by atoms with E-state index in [-0.39, 0.29) is 11.9 Å². The highest BCUT2D eigenvalue weighted by molar-refractivity contribution is 7.99.